The molecule has 2 aromatic rings. The van der Waals surface area contributed by atoms with E-state index in [9.17, 15) is 4.79 Å². The van der Waals surface area contributed by atoms with Crippen LogP contribution in [0.1, 0.15) is 39.5 Å². The van der Waals surface area contributed by atoms with Gasteiger partial charge < -0.3 is 15.3 Å². The molecule has 3 rings (SSSR count). The molecule has 4 nitrogen and oxygen atoms in total. The first-order valence-electron chi connectivity index (χ1n) is 7.14. The van der Waals surface area contributed by atoms with Crippen LogP contribution in [0.15, 0.2) is 21.4 Å². The second-order valence-electron chi connectivity index (χ2n) is 6.39. The van der Waals surface area contributed by atoms with Crippen LogP contribution < -0.4 is 11.0 Å². The number of anilines is 1. The fourth-order valence-electron chi connectivity index (χ4n) is 3.12. The lowest BCUT2D eigenvalue weighted by Crippen LogP contribution is -2.38. The fourth-order valence-corrected chi connectivity index (χ4v) is 3.57. The summed E-state index contributed by atoms with van der Waals surface area (Å²) >= 11 is 3.59. The molecule has 5 heteroatoms. The van der Waals surface area contributed by atoms with Crippen molar-refractivity contribution in [1.82, 2.24) is 9.97 Å². The van der Waals surface area contributed by atoms with E-state index in [1.807, 2.05) is 12.1 Å². The van der Waals surface area contributed by atoms with E-state index in [4.69, 9.17) is 0 Å². The zero-order valence-electron chi connectivity index (χ0n) is 11.8. The van der Waals surface area contributed by atoms with Crippen molar-refractivity contribution < 1.29 is 0 Å². The highest BCUT2D eigenvalue weighted by molar-refractivity contribution is 9.10. The number of H-pyrrole nitrogens is 2. The van der Waals surface area contributed by atoms with E-state index >= 15 is 0 Å². The van der Waals surface area contributed by atoms with Gasteiger partial charge in [-0.15, -0.1) is 0 Å². The van der Waals surface area contributed by atoms with Crippen molar-refractivity contribution in [3.8, 4) is 0 Å². The lowest BCUT2D eigenvalue weighted by molar-refractivity contribution is 0.217. The van der Waals surface area contributed by atoms with Crippen LogP contribution in [0, 0.1) is 5.41 Å². The summed E-state index contributed by atoms with van der Waals surface area (Å²) < 4.78 is 0.988. The molecule has 20 heavy (non-hydrogen) atoms. The van der Waals surface area contributed by atoms with Gasteiger partial charge in [0.25, 0.3) is 0 Å². The van der Waals surface area contributed by atoms with Crippen molar-refractivity contribution in [2.45, 2.75) is 45.6 Å². The first-order valence-corrected chi connectivity index (χ1v) is 7.93. The van der Waals surface area contributed by atoms with Crippen LogP contribution in [0.25, 0.3) is 11.0 Å². The van der Waals surface area contributed by atoms with Crippen molar-refractivity contribution in [2.24, 2.45) is 5.41 Å². The molecule has 1 saturated carbocycles. The highest BCUT2D eigenvalue weighted by atomic mass is 79.9. The molecule has 0 spiro atoms. The molecule has 0 amide bonds. The van der Waals surface area contributed by atoms with Gasteiger partial charge in [0.15, 0.2) is 0 Å². The zero-order valence-corrected chi connectivity index (χ0v) is 13.4. The largest absolute Gasteiger partial charge is 0.381 e. The van der Waals surface area contributed by atoms with Gasteiger partial charge >= 0.3 is 5.69 Å². The van der Waals surface area contributed by atoms with Gasteiger partial charge in [0.1, 0.15) is 0 Å². The average Bonchev–Trinajstić information content (AvgIpc) is 2.71. The van der Waals surface area contributed by atoms with Gasteiger partial charge in [-0.25, -0.2) is 4.79 Å². The quantitative estimate of drug-likeness (QED) is 0.775. The Labute approximate surface area is 126 Å². The van der Waals surface area contributed by atoms with Gasteiger partial charge in [0.2, 0.25) is 0 Å². The molecule has 1 aromatic carbocycles. The van der Waals surface area contributed by atoms with Crippen molar-refractivity contribution in [3.63, 3.8) is 0 Å². The number of benzene rings is 1. The Kier molecular flexibility index (Phi) is 3.40. The summed E-state index contributed by atoms with van der Waals surface area (Å²) in [6.45, 7) is 4.66. The predicted molar refractivity (Wildman–Crippen MR) is 86.3 cm³/mol. The summed E-state index contributed by atoms with van der Waals surface area (Å²) in [6, 6.07) is 4.42. The molecule has 0 saturated heterocycles. The van der Waals surface area contributed by atoms with Crippen molar-refractivity contribution in [1.29, 1.82) is 0 Å². The molecule has 0 aliphatic heterocycles. The normalized spacial score (nSPS) is 22.1. The third-order valence-electron chi connectivity index (χ3n) is 4.44. The van der Waals surface area contributed by atoms with E-state index < -0.39 is 0 Å². The summed E-state index contributed by atoms with van der Waals surface area (Å²) in [7, 11) is 0. The Morgan fingerprint density at radius 3 is 2.65 bits per heavy atom. The maximum absolute atomic E-state index is 11.4. The molecular weight excluding hydrogens is 318 g/mol. The SMILES string of the molecule is CC1(C)CCCCC1Nc1cc2[nH]c(=O)[nH]c2cc1Br. The summed E-state index contributed by atoms with van der Waals surface area (Å²) in [6.07, 6.45) is 5.05. The molecule has 1 atom stereocenters. The van der Waals surface area contributed by atoms with E-state index in [1.165, 1.54) is 25.7 Å². The second kappa shape index (κ2) is 4.95. The molecule has 1 unspecified atom stereocenters. The third-order valence-corrected chi connectivity index (χ3v) is 5.10. The summed E-state index contributed by atoms with van der Waals surface area (Å²) in [5.41, 5.74) is 2.86. The molecule has 1 aliphatic carbocycles. The Hall–Kier alpha value is -1.23. The van der Waals surface area contributed by atoms with Crippen LogP contribution in [0.2, 0.25) is 0 Å². The van der Waals surface area contributed by atoms with E-state index in [0.717, 1.165) is 21.2 Å². The molecule has 1 aromatic heterocycles. The minimum Gasteiger partial charge on any atom is -0.381 e. The van der Waals surface area contributed by atoms with Crippen LogP contribution in [0.4, 0.5) is 5.69 Å². The molecule has 0 radical (unpaired) electrons. The number of rotatable bonds is 2. The van der Waals surface area contributed by atoms with Crippen LogP contribution >= 0.6 is 15.9 Å². The van der Waals surface area contributed by atoms with Gasteiger partial charge in [-0.3, -0.25) is 0 Å². The number of fused-ring (bicyclic) bond motifs is 1. The lowest BCUT2D eigenvalue weighted by Gasteiger charge is -2.39. The van der Waals surface area contributed by atoms with E-state index in [0.29, 0.717) is 11.5 Å². The van der Waals surface area contributed by atoms with Crippen LogP contribution in [-0.4, -0.2) is 16.0 Å². The maximum atomic E-state index is 11.4. The van der Waals surface area contributed by atoms with Gasteiger partial charge in [-0.2, -0.15) is 0 Å². The summed E-state index contributed by atoms with van der Waals surface area (Å²) in [4.78, 5) is 16.9. The van der Waals surface area contributed by atoms with E-state index in [2.05, 4.69) is 45.1 Å². The van der Waals surface area contributed by atoms with Gasteiger partial charge in [0, 0.05) is 10.5 Å². The number of imidazole rings is 1. The molecule has 0 bridgehead atoms. The van der Waals surface area contributed by atoms with Crippen LogP contribution in [0.3, 0.4) is 0 Å². The third kappa shape index (κ3) is 2.51. The first-order chi connectivity index (χ1) is 9.45. The summed E-state index contributed by atoms with van der Waals surface area (Å²) in [5, 5.41) is 3.66. The minimum absolute atomic E-state index is 0.165. The topological polar surface area (TPSA) is 60.7 Å². The average molecular weight is 338 g/mol. The van der Waals surface area contributed by atoms with Crippen molar-refractivity contribution in [3.05, 3.63) is 27.1 Å². The highest BCUT2D eigenvalue weighted by Crippen LogP contribution is 2.38. The highest BCUT2D eigenvalue weighted by Gasteiger charge is 2.32. The Balaban J connectivity index is 1.93. The Bertz CT molecular complexity index is 686. The molecule has 3 N–H and O–H groups in total. The molecule has 1 aliphatic rings. The number of halogens is 1. The van der Waals surface area contributed by atoms with E-state index in [1.54, 1.807) is 0 Å². The number of aromatic amines is 2. The second-order valence-corrected chi connectivity index (χ2v) is 7.24. The molecular formula is C15H20BrN3O. The smallest absolute Gasteiger partial charge is 0.323 e. The Morgan fingerprint density at radius 1 is 1.25 bits per heavy atom. The summed E-state index contributed by atoms with van der Waals surface area (Å²) in [5.74, 6) is 0. The number of aromatic nitrogens is 2. The van der Waals surface area contributed by atoms with Crippen molar-refractivity contribution >= 4 is 32.7 Å². The number of hydrogen-bond donors (Lipinski definition) is 3. The monoisotopic (exact) mass is 337 g/mol. The maximum Gasteiger partial charge on any atom is 0.323 e. The molecule has 1 fully saturated rings. The lowest BCUT2D eigenvalue weighted by atomic mass is 9.73. The minimum atomic E-state index is -0.165. The zero-order chi connectivity index (χ0) is 14.3. The number of hydrogen-bond acceptors (Lipinski definition) is 2. The van der Waals surface area contributed by atoms with Gasteiger partial charge in [0.05, 0.1) is 16.7 Å². The fraction of sp³-hybridized carbons (Fsp3) is 0.533. The molecule has 108 valence electrons. The van der Waals surface area contributed by atoms with Crippen LogP contribution in [-0.2, 0) is 0 Å². The first kappa shape index (κ1) is 13.7. The van der Waals surface area contributed by atoms with Crippen molar-refractivity contribution in [2.75, 3.05) is 5.32 Å². The van der Waals surface area contributed by atoms with E-state index in [-0.39, 0.29) is 5.69 Å². The predicted octanol–water partition coefficient (Wildman–Crippen LogP) is 4.00. The standard InChI is InChI=1S/C15H20BrN3O/c1-15(2)6-4-3-5-13(15)17-10-8-12-11(7-9(10)16)18-14(20)19-12/h7-8,13,17H,3-6H2,1-2H3,(H2,18,19,20). The molecule has 1 heterocycles. The van der Waals surface area contributed by atoms with Gasteiger partial charge in [-0.05, 0) is 46.3 Å². The number of nitrogens with one attached hydrogen (secondary N) is 3. The van der Waals surface area contributed by atoms with Gasteiger partial charge in [-0.1, -0.05) is 26.7 Å². The Morgan fingerprint density at radius 2 is 1.95 bits per heavy atom. The van der Waals surface area contributed by atoms with Crippen LogP contribution in [0.5, 0.6) is 0 Å².